The van der Waals surface area contributed by atoms with Gasteiger partial charge in [-0.3, -0.25) is 0 Å². The van der Waals surface area contributed by atoms with E-state index in [1.807, 2.05) is 23.7 Å². The topological polar surface area (TPSA) is 53.4 Å². The quantitative estimate of drug-likeness (QED) is 0.851. The van der Waals surface area contributed by atoms with Crippen molar-refractivity contribution in [3.8, 4) is 0 Å². The van der Waals surface area contributed by atoms with Crippen LogP contribution in [0.25, 0.3) is 0 Å². The number of nitrogens with zero attached hydrogens (tertiary/aromatic N) is 2. The standard InChI is InChI=1S/C10H16N2O2S2/c1-7(4-5-15-3)12(2)10-11-8(6-16-10)9(13)14/h6-7H,4-5H2,1-3H3,(H,13,14). The van der Waals surface area contributed by atoms with E-state index in [4.69, 9.17) is 5.11 Å². The molecule has 90 valence electrons. The number of aromatic carboxylic acids is 1. The monoisotopic (exact) mass is 260 g/mol. The molecule has 0 spiro atoms. The van der Waals surface area contributed by atoms with E-state index in [0.717, 1.165) is 17.3 Å². The number of carboxylic acids is 1. The molecule has 1 N–H and O–H groups in total. The number of aromatic nitrogens is 1. The van der Waals surface area contributed by atoms with Crippen LogP contribution in [0.4, 0.5) is 5.13 Å². The Morgan fingerprint density at radius 2 is 2.44 bits per heavy atom. The van der Waals surface area contributed by atoms with Crippen molar-refractivity contribution in [2.45, 2.75) is 19.4 Å². The fraction of sp³-hybridized carbons (Fsp3) is 0.600. The molecule has 0 aliphatic heterocycles. The second kappa shape index (κ2) is 6.10. The second-order valence-corrected chi connectivity index (χ2v) is 5.38. The first-order valence-electron chi connectivity index (χ1n) is 4.96. The highest BCUT2D eigenvalue weighted by atomic mass is 32.2. The fourth-order valence-corrected chi connectivity index (χ4v) is 2.64. The molecular weight excluding hydrogens is 244 g/mol. The third-order valence-corrected chi connectivity index (χ3v) is 3.99. The Hall–Kier alpha value is -0.750. The average Bonchev–Trinajstić information content (AvgIpc) is 2.74. The molecule has 0 amide bonds. The van der Waals surface area contributed by atoms with Gasteiger partial charge in [0.2, 0.25) is 0 Å². The van der Waals surface area contributed by atoms with E-state index in [1.54, 1.807) is 5.38 Å². The Morgan fingerprint density at radius 1 is 1.75 bits per heavy atom. The van der Waals surface area contributed by atoms with Crippen LogP contribution in [0.2, 0.25) is 0 Å². The molecule has 1 aromatic heterocycles. The maximum Gasteiger partial charge on any atom is 0.355 e. The van der Waals surface area contributed by atoms with Crippen molar-refractivity contribution in [2.75, 3.05) is 24.0 Å². The number of carbonyl (C=O) groups is 1. The van der Waals surface area contributed by atoms with Crippen LogP contribution < -0.4 is 4.90 Å². The zero-order chi connectivity index (χ0) is 12.1. The highest BCUT2D eigenvalue weighted by Crippen LogP contribution is 2.22. The molecule has 0 aliphatic carbocycles. The highest BCUT2D eigenvalue weighted by Gasteiger charge is 2.15. The van der Waals surface area contributed by atoms with Gasteiger partial charge in [0.15, 0.2) is 10.8 Å². The zero-order valence-electron chi connectivity index (χ0n) is 9.64. The molecule has 0 aromatic carbocycles. The summed E-state index contributed by atoms with van der Waals surface area (Å²) in [7, 11) is 1.95. The van der Waals surface area contributed by atoms with Crippen LogP contribution in [-0.2, 0) is 0 Å². The Kier molecular flexibility index (Phi) is 5.08. The van der Waals surface area contributed by atoms with Gasteiger partial charge in [0.25, 0.3) is 0 Å². The van der Waals surface area contributed by atoms with Crippen LogP contribution in [0.5, 0.6) is 0 Å². The second-order valence-electron chi connectivity index (χ2n) is 3.56. The Bertz CT molecular complexity index is 354. The van der Waals surface area contributed by atoms with Crippen molar-refractivity contribution >= 4 is 34.2 Å². The summed E-state index contributed by atoms with van der Waals surface area (Å²) >= 11 is 3.19. The normalized spacial score (nSPS) is 12.4. The van der Waals surface area contributed by atoms with Gasteiger partial charge in [-0.05, 0) is 25.4 Å². The lowest BCUT2D eigenvalue weighted by molar-refractivity contribution is 0.0691. The van der Waals surface area contributed by atoms with Crippen LogP contribution in [0.3, 0.4) is 0 Å². The SMILES string of the molecule is CSCCC(C)N(C)c1nc(C(=O)O)cs1. The zero-order valence-corrected chi connectivity index (χ0v) is 11.3. The van der Waals surface area contributed by atoms with E-state index in [-0.39, 0.29) is 5.69 Å². The summed E-state index contributed by atoms with van der Waals surface area (Å²) in [5.41, 5.74) is 0.129. The molecule has 0 saturated carbocycles. The summed E-state index contributed by atoms with van der Waals surface area (Å²) in [6, 6.07) is 0.375. The molecule has 1 unspecified atom stereocenters. The fourth-order valence-electron chi connectivity index (χ4n) is 1.20. The van der Waals surface area contributed by atoms with Gasteiger partial charge in [-0.1, -0.05) is 0 Å². The van der Waals surface area contributed by atoms with Crippen molar-refractivity contribution in [1.82, 2.24) is 4.98 Å². The van der Waals surface area contributed by atoms with Gasteiger partial charge in [0.05, 0.1) is 0 Å². The maximum absolute atomic E-state index is 10.7. The van der Waals surface area contributed by atoms with E-state index < -0.39 is 5.97 Å². The van der Waals surface area contributed by atoms with Crippen LogP contribution in [0.1, 0.15) is 23.8 Å². The van der Waals surface area contributed by atoms with Gasteiger partial charge in [0, 0.05) is 18.5 Å². The van der Waals surface area contributed by atoms with E-state index in [2.05, 4.69) is 18.2 Å². The third-order valence-electron chi connectivity index (χ3n) is 2.41. The molecule has 1 atom stereocenters. The molecule has 16 heavy (non-hydrogen) atoms. The first-order chi connectivity index (χ1) is 7.56. The summed E-state index contributed by atoms with van der Waals surface area (Å²) in [6.45, 7) is 2.12. The molecule has 1 heterocycles. The summed E-state index contributed by atoms with van der Waals surface area (Å²) in [6.07, 6.45) is 3.15. The molecule has 4 nitrogen and oxygen atoms in total. The number of rotatable bonds is 6. The molecule has 0 radical (unpaired) electrons. The molecule has 0 fully saturated rings. The average molecular weight is 260 g/mol. The number of hydrogen-bond acceptors (Lipinski definition) is 5. The minimum absolute atomic E-state index is 0.129. The maximum atomic E-state index is 10.7. The van der Waals surface area contributed by atoms with Crippen molar-refractivity contribution in [3.05, 3.63) is 11.1 Å². The van der Waals surface area contributed by atoms with Crippen molar-refractivity contribution in [2.24, 2.45) is 0 Å². The van der Waals surface area contributed by atoms with Crippen molar-refractivity contribution in [3.63, 3.8) is 0 Å². The number of carboxylic acid groups (broad SMARTS) is 1. The first-order valence-corrected chi connectivity index (χ1v) is 7.24. The van der Waals surface area contributed by atoms with Crippen molar-refractivity contribution < 1.29 is 9.90 Å². The smallest absolute Gasteiger partial charge is 0.355 e. The minimum atomic E-state index is -0.965. The van der Waals surface area contributed by atoms with Gasteiger partial charge in [-0.25, -0.2) is 9.78 Å². The lowest BCUT2D eigenvalue weighted by Crippen LogP contribution is -2.29. The van der Waals surface area contributed by atoms with Gasteiger partial charge in [0.1, 0.15) is 0 Å². The first kappa shape index (κ1) is 13.3. The Morgan fingerprint density at radius 3 is 2.94 bits per heavy atom. The summed E-state index contributed by atoms with van der Waals surface area (Å²) in [5, 5.41) is 11.1. The van der Waals surface area contributed by atoms with Gasteiger partial charge in [-0.15, -0.1) is 11.3 Å². The summed E-state index contributed by atoms with van der Waals surface area (Å²) in [4.78, 5) is 16.8. The third kappa shape index (κ3) is 3.38. The van der Waals surface area contributed by atoms with Gasteiger partial charge < -0.3 is 10.0 Å². The summed E-state index contributed by atoms with van der Waals surface area (Å²) < 4.78 is 0. The largest absolute Gasteiger partial charge is 0.476 e. The number of thiazole rings is 1. The number of thioether (sulfide) groups is 1. The van der Waals surface area contributed by atoms with Crippen LogP contribution in [0, 0.1) is 0 Å². The van der Waals surface area contributed by atoms with E-state index in [1.165, 1.54) is 11.3 Å². The van der Waals surface area contributed by atoms with E-state index in [9.17, 15) is 4.79 Å². The Labute approximate surface area is 104 Å². The molecule has 0 saturated heterocycles. The highest BCUT2D eigenvalue weighted by molar-refractivity contribution is 7.98. The lowest BCUT2D eigenvalue weighted by atomic mass is 10.2. The summed E-state index contributed by atoms with van der Waals surface area (Å²) in [5.74, 6) is 0.135. The molecule has 1 aromatic rings. The number of anilines is 1. The molecule has 1 rings (SSSR count). The van der Waals surface area contributed by atoms with E-state index >= 15 is 0 Å². The van der Waals surface area contributed by atoms with Gasteiger partial charge in [-0.2, -0.15) is 11.8 Å². The predicted octanol–water partition coefficient (Wildman–Crippen LogP) is 2.42. The van der Waals surface area contributed by atoms with E-state index in [0.29, 0.717) is 6.04 Å². The Balaban J connectivity index is 2.64. The molecule has 6 heteroatoms. The molecular formula is C10H16N2O2S2. The van der Waals surface area contributed by atoms with Crippen LogP contribution in [-0.4, -0.2) is 41.2 Å². The lowest BCUT2D eigenvalue weighted by Gasteiger charge is -2.23. The van der Waals surface area contributed by atoms with Crippen LogP contribution in [0.15, 0.2) is 5.38 Å². The van der Waals surface area contributed by atoms with Crippen LogP contribution >= 0.6 is 23.1 Å². The number of hydrogen-bond donors (Lipinski definition) is 1. The van der Waals surface area contributed by atoms with Gasteiger partial charge >= 0.3 is 5.97 Å². The minimum Gasteiger partial charge on any atom is -0.476 e. The predicted molar refractivity (Wildman–Crippen MR) is 69.9 cm³/mol. The molecule has 0 bridgehead atoms. The molecule has 0 aliphatic rings. The van der Waals surface area contributed by atoms with Crippen molar-refractivity contribution in [1.29, 1.82) is 0 Å².